The Balaban J connectivity index is 2.34. The molecule has 3 nitrogen and oxygen atoms in total. The Morgan fingerprint density at radius 1 is 1.13 bits per heavy atom. The van der Waals surface area contributed by atoms with Crippen LogP contribution < -0.4 is 4.74 Å². The first-order valence-electron chi connectivity index (χ1n) is 10.9. The van der Waals surface area contributed by atoms with Crippen molar-refractivity contribution in [2.75, 3.05) is 6.61 Å². The molecule has 0 spiro atoms. The number of hydrogen-bond donors (Lipinski definition) is 1. The maximum absolute atomic E-state index is 12.1. The van der Waals surface area contributed by atoms with E-state index in [2.05, 4.69) is 58.2 Å². The zero-order chi connectivity index (χ0) is 22.8. The number of carboxylic acids is 1. The van der Waals surface area contributed by atoms with Gasteiger partial charge in [0.15, 0.2) is 0 Å². The highest BCUT2D eigenvalue weighted by atomic mass is 16.5. The average molecular weight is 417 g/mol. The van der Waals surface area contributed by atoms with E-state index in [9.17, 15) is 9.90 Å². The first-order chi connectivity index (χ1) is 14.6. The van der Waals surface area contributed by atoms with E-state index in [4.69, 9.17) is 4.74 Å². The topological polar surface area (TPSA) is 46.5 Å². The van der Waals surface area contributed by atoms with E-state index in [-0.39, 0.29) is 23.0 Å². The van der Waals surface area contributed by atoms with Crippen molar-refractivity contribution in [3.63, 3.8) is 0 Å². The number of benzene rings is 2. The third-order valence-electron chi connectivity index (χ3n) is 6.37. The Labute approximate surface area is 186 Å². The summed E-state index contributed by atoms with van der Waals surface area (Å²) in [6, 6.07) is 9.55. The zero-order valence-corrected chi connectivity index (χ0v) is 19.3. The molecule has 0 amide bonds. The quantitative estimate of drug-likeness (QED) is 0.543. The summed E-state index contributed by atoms with van der Waals surface area (Å²) in [7, 11) is 0. The second-order valence-corrected chi connectivity index (χ2v) is 9.44. The molecule has 1 aliphatic carbocycles. The van der Waals surface area contributed by atoms with Gasteiger partial charge in [0, 0.05) is 17.5 Å². The smallest absolute Gasteiger partial charge is 0.336 e. The van der Waals surface area contributed by atoms with E-state index in [1.54, 1.807) is 18.2 Å². The Morgan fingerprint density at radius 2 is 1.77 bits per heavy atom. The predicted octanol–water partition coefficient (Wildman–Crippen LogP) is 6.84. The van der Waals surface area contributed by atoms with Crippen LogP contribution in [-0.2, 0) is 10.8 Å². The van der Waals surface area contributed by atoms with Crippen LogP contribution in [0.1, 0.15) is 80.9 Å². The third kappa shape index (κ3) is 4.39. The Morgan fingerprint density at radius 3 is 2.35 bits per heavy atom. The van der Waals surface area contributed by atoms with Crippen molar-refractivity contribution in [3.8, 4) is 28.7 Å². The van der Waals surface area contributed by atoms with Crippen LogP contribution in [0, 0.1) is 11.8 Å². The monoisotopic (exact) mass is 416 g/mol. The molecule has 3 rings (SSSR count). The minimum absolute atomic E-state index is 0.00728. The largest absolute Gasteiger partial charge is 0.480 e. The first-order valence-corrected chi connectivity index (χ1v) is 10.9. The highest BCUT2D eigenvalue weighted by Gasteiger charge is 2.38. The standard InChI is InChI=1S/C28H32O3/c1-7-9-10-16-31-24-18-23-22(27(3,4)14-15-28(23,5)6)17-21(24)25-19(8-2)12-11-13-20(25)26(29)30/h8,11-13,17-18H,2,7,14-16H2,1,3-6H3,(H,29,30). The van der Waals surface area contributed by atoms with Crippen LogP contribution in [-0.4, -0.2) is 17.7 Å². The molecule has 1 N–H and O–H groups in total. The fraction of sp³-hybridized carbons (Fsp3) is 0.393. The minimum atomic E-state index is -0.965. The van der Waals surface area contributed by atoms with Crippen LogP contribution in [0.25, 0.3) is 17.2 Å². The molecule has 1 aliphatic rings. The van der Waals surface area contributed by atoms with Crippen LogP contribution in [0.4, 0.5) is 0 Å². The lowest BCUT2D eigenvalue weighted by atomic mass is 9.62. The molecule has 0 aliphatic heterocycles. The normalized spacial score (nSPS) is 15.9. The van der Waals surface area contributed by atoms with Gasteiger partial charge in [-0.2, -0.15) is 0 Å². The van der Waals surface area contributed by atoms with E-state index in [1.807, 2.05) is 13.0 Å². The highest BCUT2D eigenvalue weighted by Crippen LogP contribution is 2.50. The maximum Gasteiger partial charge on any atom is 0.336 e. The van der Waals surface area contributed by atoms with Crippen molar-refractivity contribution in [3.05, 3.63) is 59.2 Å². The van der Waals surface area contributed by atoms with Gasteiger partial charge in [-0.25, -0.2) is 4.79 Å². The van der Waals surface area contributed by atoms with Gasteiger partial charge in [0.2, 0.25) is 0 Å². The van der Waals surface area contributed by atoms with E-state index in [0.717, 1.165) is 30.4 Å². The van der Waals surface area contributed by atoms with Crippen LogP contribution >= 0.6 is 0 Å². The summed E-state index contributed by atoms with van der Waals surface area (Å²) in [4.78, 5) is 12.1. The van der Waals surface area contributed by atoms with Gasteiger partial charge in [-0.1, -0.05) is 65.3 Å². The fourth-order valence-electron chi connectivity index (χ4n) is 4.42. The molecule has 2 aromatic carbocycles. The number of rotatable bonds is 5. The van der Waals surface area contributed by atoms with Gasteiger partial charge in [-0.3, -0.25) is 0 Å². The SMILES string of the molecule is C=Cc1cccc(C(=O)O)c1-c1cc2c(cc1OCC#CCC)C(C)(C)CCC2(C)C. The number of fused-ring (bicyclic) bond motifs is 1. The molecule has 31 heavy (non-hydrogen) atoms. The van der Waals surface area contributed by atoms with E-state index in [1.165, 1.54) is 11.1 Å². The molecular weight excluding hydrogens is 384 g/mol. The number of ether oxygens (including phenoxy) is 1. The summed E-state index contributed by atoms with van der Waals surface area (Å²) in [6.45, 7) is 15.2. The fourth-order valence-corrected chi connectivity index (χ4v) is 4.42. The lowest BCUT2D eigenvalue weighted by Crippen LogP contribution is -2.34. The molecule has 0 saturated carbocycles. The molecule has 0 radical (unpaired) electrons. The summed E-state index contributed by atoms with van der Waals surface area (Å²) >= 11 is 0. The summed E-state index contributed by atoms with van der Waals surface area (Å²) < 4.78 is 6.15. The summed E-state index contributed by atoms with van der Waals surface area (Å²) in [5, 5.41) is 9.91. The number of hydrogen-bond acceptors (Lipinski definition) is 2. The van der Waals surface area contributed by atoms with Gasteiger partial charge in [-0.15, -0.1) is 5.92 Å². The van der Waals surface area contributed by atoms with Crippen LogP contribution in [0.2, 0.25) is 0 Å². The van der Waals surface area contributed by atoms with Gasteiger partial charge in [0.05, 0.1) is 5.56 Å². The lowest BCUT2D eigenvalue weighted by Gasteiger charge is -2.42. The number of aromatic carboxylic acids is 1. The second kappa shape index (κ2) is 8.63. The van der Waals surface area contributed by atoms with Crippen LogP contribution in [0.5, 0.6) is 5.75 Å². The summed E-state index contributed by atoms with van der Waals surface area (Å²) in [6.07, 6.45) is 4.63. The summed E-state index contributed by atoms with van der Waals surface area (Å²) in [5.41, 5.74) is 4.98. The molecule has 0 fully saturated rings. The molecule has 0 bridgehead atoms. The Bertz CT molecular complexity index is 1080. The molecule has 3 heteroatoms. The first kappa shape index (κ1) is 22.7. The van der Waals surface area contributed by atoms with Crippen molar-refractivity contribution >= 4 is 12.0 Å². The highest BCUT2D eigenvalue weighted by molar-refractivity contribution is 6.00. The van der Waals surface area contributed by atoms with Crippen LogP contribution in [0.3, 0.4) is 0 Å². The zero-order valence-electron chi connectivity index (χ0n) is 19.3. The Kier molecular flexibility index (Phi) is 6.32. The van der Waals surface area contributed by atoms with Gasteiger partial charge in [0.1, 0.15) is 12.4 Å². The molecule has 2 aromatic rings. The van der Waals surface area contributed by atoms with Crippen molar-refractivity contribution in [1.29, 1.82) is 0 Å². The molecular formula is C28H32O3. The van der Waals surface area contributed by atoms with Crippen molar-refractivity contribution < 1.29 is 14.6 Å². The third-order valence-corrected chi connectivity index (χ3v) is 6.37. The lowest BCUT2D eigenvalue weighted by molar-refractivity contribution is 0.0697. The van der Waals surface area contributed by atoms with Crippen LogP contribution in [0.15, 0.2) is 36.9 Å². The van der Waals surface area contributed by atoms with Crippen molar-refractivity contribution in [2.24, 2.45) is 0 Å². The second-order valence-electron chi connectivity index (χ2n) is 9.44. The summed E-state index contributed by atoms with van der Waals surface area (Å²) in [5.74, 6) is 5.78. The molecule has 162 valence electrons. The molecule has 0 heterocycles. The average Bonchev–Trinajstić information content (AvgIpc) is 2.73. The molecule has 0 aromatic heterocycles. The number of carbonyl (C=O) groups is 1. The van der Waals surface area contributed by atoms with E-state index in [0.29, 0.717) is 11.3 Å². The van der Waals surface area contributed by atoms with Gasteiger partial charge < -0.3 is 9.84 Å². The van der Waals surface area contributed by atoms with Gasteiger partial charge >= 0.3 is 5.97 Å². The van der Waals surface area contributed by atoms with Crippen molar-refractivity contribution in [2.45, 2.75) is 64.7 Å². The minimum Gasteiger partial charge on any atom is -0.480 e. The molecule has 0 saturated heterocycles. The molecule has 0 unspecified atom stereocenters. The van der Waals surface area contributed by atoms with Crippen molar-refractivity contribution in [1.82, 2.24) is 0 Å². The van der Waals surface area contributed by atoms with Gasteiger partial charge in [0.25, 0.3) is 0 Å². The van der Waals surface area contributed by atoms with Gasteiger partial charge in [-0.05, 0) is 58.6 Å². The van der Waals surface area contributed by atoms with E-state index < -0.39 is 5.97 Å². The number of carboxylic acid groups (broad SMARTS) is 1. The predicted molar refractivity (Wildman–Crippen MR) is 128 cm³/mol. The van der Waals surface area contributed by atoms with E-state index >= 15 is 0 Å². The Hall–Kier alpha value is -2.99. The molecule has 0 atom stereocenters. The maximum atomic E-state index is 12.1.